The first-order valence-electron chi connectivity index (χ1n) is 19.7. The standard InChI is InChI=1S/C18H29NO4S.C17H27NO4S.C3H9O.CH2Cl2.BF3.FH/c1-6-7-14(23-5)12(2)16(20)19-15-10-13-8-9-18(15,17(13,3)4)11-24(19,21)22;1-5-6-13(19)11(2)15(20)18-14-9-12-7-8-17(14,16(12,3)4)10-23(18,21)22;1-4(2)3;2-1-3;2-1(3)4;/h6-7,12-15H,8-11H2,1-5H3;5-6,11-14,19H,7-10H2,1-4H3;1-3H3;1H2;;1H/q;;+1;;;/p-1/b7-6+;6-5+;;;;/t12-,13?,14-,15+,18+;11-,12?,13-,14+,17+;;;;/m11..../s1. The number of nitrogens with zero attached hydrogens (tertiary/aromatic N) is 2. The van der Waals surface area contributed by atoms with Crippen LogP contribution in [0.15, 0.2) is 24.3 Å². The molecule has 2 saturated heterocycles. The van der Waals surface area contributed by atoms with Crippen molar-refractivity contribution in [3.63, 3.8) is 0 Å². The first-order chi connectivity index (χ1) is 26.6. The zero-order chi connectivity index (χ0) is 45.0. The van der Waals surface area contributed by atoms with E-state index in [0.29, 0.717) is 11.8 Å². The molecule has 10 atom stereocenters. The average Bonchev–Trinajstić information content (AvgIpc) is 3.79. The van der Waals surface area contributed by atoms with Crippen LogP contribution < -0.4 is 4.70 Å². The maximum absolute atomic E-state index is 13.1. The molecule has 0 aromatic heterocycles. The van der Waals surface area contributed by atoms with Crippen LogP contribution in [0.3, 0.4) is 0 Å². The second-order valence-electron chi connectivity index (χ2n) is 17.9. The molecule has 344 valence electrons. The van der Waals surface area contributed by atoms with E-state index in [1.54, 1.807) is 34.0 Å². The number of amides is 2. The topological polar surface area (TPSA) is 141 Å². The van der Waals surface area contributed by atoms with Crippen molar-refractivity contribution in [1.82, 2.24) is 8.61 Å². The van der Waals surface area contributed by atoms with Gasteiger partial charge in [-0.25, -0.2) is 25.4 Å². The predicted octanol–water partition coefficient (Wildman–Crippen LogP) is 4.24. The fraction of sp³-hybridized carbons (Fsp3) is 0.846. The number of hydrogen-bond acceptors (Lipinski definition) is 8. The summed E-state index contributed by atoms with van der Waals surface area (Å²) < 4.78 is 90.7. The molecule has 4 saturated carbocycles. The summed E-state index contributed by atoms with van der Waals surface area (Å²) in [6.45, 7) is 15.7. The highest BCUT2D eigenvalue weighted by atomic mass is 35.5. The number of aliphatic hydroxyl groups excluding tert-OH is 1. The number of methoxy groups -OCH3 is 1. The van der Waals surface area contributed by atoms with Crippen LogP contribution in [0.1, 0.15) is 93.9 Å². The Morgan fingerprint density at radius 2 is 1.14 bits per heavy atom. The van der Waals surface area contributed by atoms with E-state index >= 15 is 0 Å². The largest absolute Gasteiger partial charge is 1.00 e. The number of allylic oxidation sites excluding steroid dienone is 2. The Morgan fingerprint density at radius 1 is 0.814 bits per heavy atom. The second kappa shape index (κ2) is 21.3. The summed E-state index contributed by atoms with van der Waals surface area (Å²) in [6.07, 6.45) is 11.0. The van der Waals surface area contributed by atoms with E-state index < -0.39 is 57.5 Å². The van der Waals surface area contributed by atoms with Crippen LogP contribution in [0.4, 0.5) is 12.9 Å². The van der Waals surface area contributed by atoms with Crippen LogP contribution in [0.25, 0.3) is 0 Å². The molecule has 2 aliphatic heterocycles. The molecular formula is C39H67BCl2F4N2O9S2. The van der Waals surface area contributed by atoms with Crippen molar-refractivity contribution in [2.24, 2.45) is 45.3 Å². The van der Waals surface area contributed by atoms with E-state index in [4.69, 9.17) is 27.9 Å². The molecule has 2 unspecified atom stereocenters. The zero-order valence-corrected chi connectivity index (χ0v) is 39.7. The molecule has 20 heteroatoms. The molecule has 4 bridgehead atoms. The van der Waals surface area contributed by atoms with E-state index in [1.165, 1.54) is 10.4 Å². The van der Waals surface area contributed by atoms with Gasteiger partial charge in [0.15, 0.2) is 0 Å². The number of halogens is 6. The highest BCUT2D eigenvalue weighted by Crippen LogP contribution is 2.71. The third-order valence-corrected chi connectivity index (χ3v) is 17.9. The predicted molar refractivity (Wildman–Crippen MR) is 225 cm³/mol. The molecule has 0 radical (unpaired) electrons. The van der Waals surface area contributed by atoms with Gasteiger partial charge in [-0.2, -0.15) is 0 Å². The van der Waals surface area contributed by atoms with Crippen molar-refractivity contribution >= 4 is 62.6 Å². The Balaban J connectivity index is 0.000000467. The molecular weight excluding hydrogens is 862 g/mol. The first kappa shape index (κ1) is 55.6. The number of ether oxygens (including phenoxy) is 1. The Labute approximate surface area is 361 Å². The smallest absolute Gasteiger partial charge is 0.762 e. The van der Waals surface area contributed by atoms with Gasteiger partial charge in [-0.1, -0.05) is 65.8 Å². The summed E-state index contributed by atoms with van der Waals surface area (Å²) >= 11 is 9.53. The molecule has 0 aromatic carbocycles. The lowest BCUT2D eigenvalue weighted by atomic mass is 9.69. The lowest BCUT2D eigenvalue weighted by Crippen LogP contribution is -3.00. The van der Waals surface area contributed by atoms with E-state index in [-0.39, 0.29) is 61.2 Å². The van der Waals surface area contributed by atoms with Crippen LogP contribution in [-0.4, -0.2) is 119 Å². The number of carbonyl (C=O) groups excluding carboxylic acids is 2. The monoisotopic (exact) mass is 928 g/mol. The minimum absolute atomic E-state index is 0. The highest BCUT2D eigenvalue weighted by molar-refractivity contribution is 7.90. The lowest BCUT2D eigenvalue weighted by molar-refractivity contribution is -0.136. The number of aliphatic hydroxyl groups is 1. The third-order valence-electron chi connectivity index (χ3n) is 14.1. The van der Waals surface area contributed by atoms with Crippen LogP contribution in [0.2, 0.25) is 0 Å². The van der Waals surface area contributed by atoms with Crippen molar-refractivity contribution in [2.45, 2.75) is 118 Å². The number of carbonyl (C=O) groups is 2. The van der Waals surface area contributed by atoms with Crippen molar-refractivity contribution in [2.75, 3.05) is 45.3 Å². The van der Waals surface area contributed by atoms with Gasteiger partial charge in [-0.3, -0.25) is 22.5 Å². The molecule has 0 aromatic rings. The molecule has 6 aliphatic rings. The molecule has 11 nitrogen and oxygen atoms in total. The fourth-order valence-electron chi connectivity index (χ4n) is 10.8. The lowest BCUT2D eigenvalue weighted by Gasteiger charge is -2.37. The van der Waals surface area contributed by atoms with Gasteiger partial charge in [-0.05, 0) is 75.0 Å². The van der Waals surface area contributed by atoms with Crippen LogP contribution in [0, 0.1) is 45.3 Å². The van der Waals surface area contributed by atoms with E-state index in [9.17, 15) is 44.5 Å². The summed E-state index contributed by atoms with van der Waals surface area (Å²) in [5, 5.41) is 10.3. The van der Waals surface area contributed by atoms with Gasteiger partial charge in [0, 0.05) is 17.9 Å². The maximum Gasteiger partial charge on any atom is 0.762 e. The molecule has 6 fully saturated rings. The zero-order valence-electron chi connectivity index (χ0n) is 36.6. The quantitative estimate of drug-likeness (QED) is 0.132. The fourth-order valence-corrected chi connectivity index (χ4v) is 16.1. The average molecular weight is 930 g/mol. The molecule has 2 amide bonds. The Bertz CT molecular complexity index is 1700. The van der Waals surface area contributed by atoms with Gasteiger partial charge in [-0.15, -0.1) is 23.2 Å². The Hall–Kier alpha value is -1.44. The van der Waals surface area contributed by atoms with Gasteiger partial charge >= 0.3 is 7.54 Å². The maximum atomic E-state index is 13.1. The normalized spacial score (nSPS) is 32.5. The molecule has 2 heterocycles. The van der Waals surface area contributed by atoms with Gasteiger partial charge in [0.2, 0.25) is 31.9 Å². The first-order valence-corrected chi connectivity index (χ1v) is 24.0. The Morgan fingerprint density at radius 3 is 1.42 bits per heavy atom. The van der Waals surface area contributed by atoms with Crippen molar-refractivity contribution in [3.05, 3.63) is 24.3 Å². The summed E-state index contributed by atoms with van der Waals surface area (Å²) in [4.78, 5) is 26.0. The molecule has 59 heavy (non-hydrogen) atoms. The third kappa shape index (κ3) is 10.9. The summed E-state index contributed by atoms with van der Waals surface area (Å²) in [6, 6.07) is -0.400. The molecule has 1 N–H and O–H groups in total. The summed E-state index contributed by atoms with van der Waals surface area (Å²) in [5.41, 5.74) is -0.648. The summed E-state index contributed by atoms with van der Waals surface area (Å²) in [5.74, 6) is -0.852. The number of fused-ring (bicyclic) bond motifs is 2. The second-order valence-corrected chi connectivity index (χ2v) is 22.4. The van der Waals surface area contributed by atoms with Gasteiger partial charge in [0.05, 0.1) is 53.0 Å². The van der Waals surface area contributed by atoms with E-state index in [2.05, 4.69) is 32.1 Å². The molecule has 2 spiro atoms. The number of rotatable bonds is 7. The summed E-state index contributed by atoms with van der Waals surface area (Å²) in [7, 11) is -3.53. The highest BCUT2D eigenvalue weighted by Gasteiger charge is 2.73. The number of hydrogen-bond donors (Lipinski definition) is 1. The van der Waals surface area contributed by atoms with Gasteiger partial charge in [0.25, 0.3) is 0 Å². The van der Waals surface area contributed by atoms with Crippen LogP contribution >= 0.6 is 23.2 Å². The van der Waals surface area contributed by atoms with Gasteiger partial charge in [0.1, 0.15) is 21.3 Å². The minimum atomic E-state index is -3.67. The van der Waals surface area contributed by atoms with Crippen molar-refractivity contribution < 1.29 is 58.3 Å². The molecule has 4 aliphatic carbocycles. The van der Waals surface area contributed by atoms with E-state index in [0.717, 1.165) is 42.8 Å². The SMILES string of the molecule is C/C=C/[C@@H](O)[C@@H](C)C(=O)N1[C@H]2CC3CC[C@@]2(CS1(=O)=O)C3(C)C.C/C=C/[C@@H](OC)[C@@H](C)C(=O)N1[C@H]2CC3CC[C@@]2(CS1(=O)=O)C3(C)C.C[O+](C)C.ClCCl.FB(F)F.[F-]. The minimum Gasteiger partial charge on any atom is -1.00 e. The number of sulfonamides is 2. The van der Waals surface area contributed by atoms with E-state index in [1.807, 2.05) is 40.4 Å². The molecule has 6 rings (SSSR count). The Kier molecular flexibility index (Phi) is 20.1. The van der Waals surface area contributed by atoms with Gasteiger partial charge < -0.3 is 18.9 Å². The number of alkyl halides is 2. The van der Waals surface area contributed by atoms with Crippen LogP contribution in [-0.2, 0) is 38.7 Å². The van der Waals surface area contributed by atoms with Crippen molar-refractivity contribution in [3.8, 4) is 0 Å². The van der Waals surface area contributed by atoms with Crippen molar-refractivity contribution in [1.29, 1.82) is 0 Å². The van der Waals surface area contributed by atoms with Crippen LogP contribution in [0.5, 0.6) is 0 Å².